The van der Waals surface area contributed by atoms with Crippen molar-refractivity contribution in [3.05, 3.63) is 0 Å². The lowest BCUT2D eigenvalue weighted by atomic mass is 10.3. The molecular formula is C21H47F3N5O15P3S3. The number of rotatable bonds is 23. The number of carbonyl (C=O) groups is 3. The molecule has 20 nitrogen and oxygen atoms in total. The van der Waals surface area contributed by atoms with Crippen molar-refractivity contribution in [3.8, 4) is 0 Å². The normalized spacial score (nSPS) is 17.9. The second-order valence-electron chi connectivity index (χ2n) is 9.05. The number of nitrogens with two attached hydrogens (primary N) is 3. The summed E-state index contributed by atoms with van der Waals surface area (Å²) in [7, 11) is 3.87. The van der Waals surface area contributed by atoms with Crippen molar-refractivity contribution in [3.63, 3.8) is 0 Å². The Balaban J connectivity index is -0.000000907. The highest BCUT2D eigenvalue weighted by Crippen LogP contribution is 2.53. The molecule has 0 aromatic carbocycles. The molecule has 0 rings (SSSR count). The van der Waals surface area contributed by atoms with Gasteiger partial charge in [0.05, 0.1) is 70.2 Å². The molecule has 29 heteroatoms. The van der Waals surface area contributed by atoms with Crippen LogP contribution in [0.3, 0.4) is 0 Å². The van der Waals surface area contributed by atoms with Crippen LogP contribution in [-0.4, -0.2) is 137 Å². The van der Waals surface area contributed by atoms with E-state index >= 15 is 0 Å². The number of carbonyl (C=O) groups excluding carboxylic acids is 3. The molecule has 0 aromatic rings. The molecule has 0 heterocycles. The highest BCUT2D eigenvalue weighted by atomic mass is 32.7. The largest absolute Gasteiger partial charge is 0.471 e. The summed E-state index contributed by atoms with van der Waals surface area (Å²) in [6.07, 6.45) is -5.41. The summed E-state index contributed by atoms with van der Waals surface area (Å²) >= 11 is 13.2. The zero-order valence-electron chi connectivity index (χ0n) is 29.1. The predicted molar refractivity (Wildman–Crippen MR) is 183 cm³/mol. The molecule has 2 amide bonds. The Morgan fingerprint density at radius 2 is 1.38 bits per heavy atom. The van der Waals surface area contributed by atoms with Gasteiger partial charge >= 0.3 is 38.3 Å². The smallest absolute Gasteiger partial charge is 0.463 e. The third kappa shape index (κ3) is 32.2. The van der Waals surface area contributed by atoms with Crippen molar-refractivity contribution in [1.82, 2.24) is 10.6 Å². The Morgan fingerprint density at radius 1 is 0.940 bits per heavy atom. The van der Waals surface area contributed by atoms with E-state index in [-0.39, 0.29) is 58.4 Å². The van der Waals surface area contributed by atoms with E-state index in [1.54, 1.807) is 0 Å². The van der Waals surface area contributed by atoms with E-state index in [1.165, 1.54) is 26.6 Å². The molecular weight excluding hydrogens is 808 g/mol. The Morgan fingerprint density at radius 3 is 1.78 bits per heavy atom. The number of hydrogen-bond acceptors (Lipinski definition) is 18. The third-order valence-corrected chi connectivity index (χ3v) is 9.52. The number of aliphatic hydroxyl groups excluding tert-OH is 2. The lowest BCUT2D eigenvalue weighted by Gasteiger charge is -2.21. The summed E-state index contributed by atoms with van der Waals surface area (Å²) in [6, 6.07) is -3.61. The van der Waals surface area contributed by atoms with Crippen molar-refractivity contribution < 1.29 is 85.4 Å². The molecule has 50 heavy (non-hydrogen) atoms. The van der Waals surface area contributed by atoms with Crippen LogP contribution in [0.4, 0.5) is 13.2 Å². The molecule has 7 atom stereocenters. The highest BCUT2D eigenvalue weighted by molar-refractivity contribution is 8.44. The van der Waals surface area contributed by atoms with E-state index in [1.807, 2.05) is 0 Å². The molecule has 0 aliphatic carbocycles. The Labute approximate surface area is 305 Å². The molecule has 0 fully saturated rings. The van der Waals surface area contributed by atoms with Crippen LogP contribution in [0.5, 0.6) is 0 Å². The van der Waals surface area contributed by atoms with E-state index in [0.29, 0.717) is 0 Å². The second-order valence-corrected chi connectivity index (χ2v) is 17.8. The van der Waals surface area contributed by atoms with E-state index in [9.17, 15) is 41.9 Å². The van der Waals surface area contributed by atoms with Gasteiger partial charge in [0.1, 0.15) is 6.61 Å². The molecule has 0 aromatic heterocycles. The summed E-state index contributed by atoms with van der Waals surface area (Å²) < 4.78 is 94.7. The van der Waals surface area contributed by atoms with E-state index in [0.717, 1.165) is 0 Å². The van der Waals surface area contributed by atoms with Crippen LogP contribution >= 0.6 is 32.5 Å². The second kappa shape index (κ2) is 28.1. The number of hydrogen-bond donors (Lipinski definition) is 10. The molecule has 0 bridgehead atoms. The van der Waals surface area contributed by atoms with Crippen molar-refractivity contribution in [2.45, 2.75) is 50.1 Å². The van der Waals surface area contributed by atoms with Crippen LogP contribution in [0.15, 0.2) is 0 Å². The summed E-state index contributed by atoms with van der Waals surface area (Å²) in [5.41, 5.74) is 16.8. The van der Waals surface area contributed by atoms with Gasteiger partial charge in [-0.15, -0.1) is 0 Å². The first-order chi connectivity index (χ1) is 23.8. The van der Waals surface area contributed by atoms with Gasteiger partial charge in [0.2, 0.25) is 7.34 Å². The molecule has 0 aliphatic heterocycles. The first-order valence-corrected chi connectivity index (χ1v) is 21.4. The summed E-state index contributed by atoms with van der Waals surface area (Å²) in [5.74, 6) is -3.38. The molecule has 0 saturated heterocycles. The van der Waals surface area contributed by atoms with Gasteiger partial charge in [0, 0.05) is 29.1 Å². The number of thiol groups is 1. The highest BCUT2D eigenvalue weighted by Gasteiger charge is 2.39. The fourth-order valence-corrected chi connectivity index (χ4v) is 5.24. The minimum atomic E-state index is -5.06. The maximum Gasteiger partial charge on any atom is 0.471 e. The number of ether oxygens (including phenoxy) is 1. The van der Waals surface area contributed by atoms with E-state index in [2.05, 4.69) is 43.7 Å². The van der Waals surface area contributed by atoms with Crippen molar-refractivity contribution >= 4 is 73.9 Å². The van der Waals surface area contributed by atoms with Gasteiger partial charge < -0.3 is 70.7 Å². The van der Waals surface area contributed by atoms with Crippen LogP contribution in [-0.2, 0) is 74.4 Å². The number of aliphatic hydroxyl groups is 2. The first-order valence-electron chi connectivity index (χ1n) is 14.6. The minimum absolute atomic E-state index is 0.115. The molecule has 0 spiro atoms. The van der Waals surface area contributed by atoms with Gasteiger partial charge in [-0.2, -0.15) is 13.2 Å². The maximum absolute atomic E-state index is 12.1. The van der Waals surface area contributed by atoms with Crippen molar-refractivity contribution in [1.29, 1.82) is 1.43 Å². The molecule has 0 aliphatic rings. The number of halogens is 3. The summed E-state index contributed by atoms with van der Waals surface area (Å²) in [6.45, 7) is -13.5. The fourth-order valence-electron chi connectivity index (χ4n) is 2.14. The monoisotopic (exact) mass is 858 g/mol. The average Bonchev–Trinajstić information content (AvgIpc) is 3.07. The number of esters is 1. The molecule has 0 saturated carbocycles. The standard InChI is InChI=1S/C10H15F3N2O4.C10H28N3O10P3S3.CH4O/c1-6(15-9(18)10(11,12)13)5-19-8(17)4-3-7(16)14-2;1-18-24(15,27)19-4-9(12)5-22-26(17,29)23-7-10(13)6-21-25(16,28)20-3-8(11)2-14;1-2/h6H,3-5H2,1-2H3,(H,14,16)(H,15,18);8-10,14H,2-7,11-13H2,1H3,(H,15,27)(H,16,28)(H,17,29);2H,1H3/t6-;8-,9+,10-,24?,25?,26?;/m01./s1/i1D;;2T. The Bertz CT molecular complexity index is 1180. The topological polar surface area (TPSA) is 316 Å². The first kappa shape index (κ1) is 49.6. The Hall–Kier alpha value is -0.440. The average molecular weight is 859 g/mol. The van der Waals surface area contributed by atoms with Crippen LogP contribution in [0.1, 0.15) is 21.1 Å². The molecule has 300 valence electrons. The van der Waals surface area contributed by atoms with Gasteiger partial charge in [-0.3, -0.25) is 23.4 Å². The van der Waals surface area contributed by atoms with Gasteiger partial charge in [-0.1, -0.05) is 12.2 Å². The molecule has 12 N–H and O–H groups in total. The molecule has 3 unspecified atom stereocenters. The van der Waals surface area contributed by atoms with Gasteiger partial charge in [0.25, 0.3) is 0 Å². The molecule has 0 radical (unpaired) electrons. The summed E-state index contributed by atoms with van der Waals surface area (Å²) in [4.78, 5) is 51.9. The van der Waals surface area contributed by atoms with Crippen molar-refractivity contribution in [2.75, 3.05) is 67.5 Å². The van der Waals surface area contributed by atoms with Crippen LogP contribution in [0.2, 0.25) is 0 Å². The lowest BCUT2D eigenvalue weighted by molar-refractivity contribution is -0.174. The van der Waals surface area contributed by atoms with E-state index in [4.69, 9.17) is 59.5 Å². The van der Waals surface area contributed by atoms with E-state index < -0.39 is 76.0 Å². The lowest BCUT2D eigenvalue weighted by Crippen LogP contribution is -2.44. The number of amides is 2. The van der Waals surface area contributed by atoms with Crippen LogP contribution in [0.25, 0.3) is 0 Å². The van der Waals surface area contributed by atoms with Crippen LogP contribution in [0, 0.1) is 0 Å². The SMILES string of the molecule is COP(O)(=S)OC[C@H](N)COP(=O)(S)OC[C@H](N)COP(O)(=S)OC[C@H](N)CO.[2H]C[C@@H](COC(=O)CCC(=O)NC)NC(=O)C(F)(F)F.[3H]OC. The van der Waals surface area contributed by atoms with Crippen LogP contribution < -0.4 is 27.8 Å². The fraction of sp³-hybridized carbons (Fsp3) is 0.857. The number of alkyl halides is 3. The zero-order valence-corrected chi connectivity index (χ0v) is 32.3. The quantitative estimate of drug-likeness (QED) is 0.0331. The number of nitrogens with one attached hydrogen (secondary N) is 2. The van der Waals surface area contributed by atoms with Gasteiger partial charge in [-0.05, 0) is 30.5 Å². The van der Waals surface area contributed by atoms with Crippen molar-refractivity contribution in [2.24, 2.45) is 17.2 Å². The Kier molecular flexibility index (Phi) is 27.8. The van der Waals surface area contributed by atoms with Gasteiger partial charge in [-0.25, -0.2) is 4.57 Å². The predicted octanol–water partition coefficient (Wildman–Crippen LogP) is -1.11. The maximum atomic E-state index is 12.1. The zero-order chi connectivity index (χ0) is 41.2. The minimum Gasteiger partial charge on any atom is -0.463 e. The van der Waals surface area contributed by atoms with Gasteiger partial charge in [0.15, 0.2) is 0 Å². The third-order valence-electron chi connectivity index (χ3n) is 4.60. The summed E-state index contributed by atoms with van der Waals surface area (Å²) in [5, 5.41) is 16.1.